The second-order valence-electron chi connectivity index (χ2n) is 4.59. The van der Waals surface area contributed by atoms with Gasteiger partial charge in [0, 0.05) is 5.56 Å². The minimum Gasteiger partial charge on any atom is -0.508 e. The maximum absolute atomic E-state index is 10.6. The minimum absolute atomic E-state index is 0.0286. The molecule has 0 aliphatic rings. The summed E-state index contributed by atoms with van der Waals surface area (Å²) in [7, 11) is 0. The molecular weight excluding hydrogens is 228 g/mol. The summed E-state index contributed by atoms with van der Waals surface area (Å²) in [6, 6.07) is 11.9. The van der Waals surface area contributed by atoms with Gasteiger partial charge in [0.25, 0.3) is 0 Å². The van der Waals surface area contributed by atoms with Crippen LogP contribution in [0, 0.1) is 6.92 Å². The molecular formula is C15H16O3. The summed E-state index contributed by atoms with van der Waals surface area (Å²) in [6.07, 6.45) is 0. The van der Waals surface area contributed by atoms with Gasteiger partial charge in [0.2, 0.25) is 0 Å². The van der Waals surface area contributed by atoms with E-state index >= 15 is 0 Å². The zero-order chi connectivity index (χ0) is 13.3. The lowest BCUT2D eigenvalue weighted by Gasteiger charge is -2.25. The monoisotopic (exact) mass is 244 g/mol. The number of hydrogen-bond acceptors (Lipinski definition) is 3. The van der Waals surface area contributed by atoms with Gasteiger partial charge in [-0.25, -0.2) is 0 Å². The fourth-order valence-electron chi connectivity index (χ4n) is 1.99. The third-order valence-electron chi connectivity index (χ3n) is 3.17. The predicted molar refractivity (Wildman–Crippen MR) is 69.6 cm³/mol. The summed E-state index contributed by atoms with van der Waals surface area (Å²) in [5.41, 5.74) is 0.164. The highest BCUT2D eigenvalue weighted by Crippen LogP contribution is 2.38. The molecule has 0 aliphatic carbocycles. The molecule has 2 aromatic carbocycles. The van der Waals surface area contributed by atoms with E-state index < -0.39 is 5.60 Å². The normalized spacial score (nSPS) is 14.2. The second kappa shape index (κ2) is 4.35. The van der Waals surface area contributed by atoms with Crippen molar-refractivity contribution in [2.24, 2.45) is 0 Å². The summed E-state index contributed by atoms with van der Waals surface area (Å²) < 4.78 is 0. The maximum Gasteiger partial charge on any atom is 0.122 e. The van der Waals surface area contributed by atoms with Gasteiger partial charge in [-0.1, -0.05) is 30.3 Å². The van der Waals surface area contributed by atoms with E-state index in [1.807, 2.05) is 18.2 Å². The first-order chi connectivity index (χ1) is 8.43. The van der Waals surface area contributed by atoms with Gasteiger partial charge >= 0.3 is 0 Å². The van der Waals surface area contributed by atoms with Gasteiger partial charge in [-0.15, -0.1) is 0 Å². The largest absolute Gasteiger partial charge is 0.508 e. The third-order valence-corrected chi connectivity index (χ3v) is 3.17. The number of aliphatic hydroxyl groups is 1. The molecule has 0 aromatic heterocycles. The quantitative estimate of drug-likeness (QED) is 0.712. The molecule has 3 N–H and O–H groups in total. The van der Waals surface area contributed by atoms with Gasteiger partial charge in [-0.3, -0.25) is 0 Å². The summed E-state index contributed by atoms with van der Waals surface area (Å²) in [6.45, 7) is 3.28. The van der Waals surface area contributed by atoms with Crippen LogP contribution >= 0.6 is 0 Å². The molecule has 3 heteroatoms. The second-order valence-corrected chi connectivity index (χ2v) is 4.59. The average Bonchev–Trinajstić information content (AvgIpc) is 2.34. The first-order valence-electron chi connectivity index (χ1n) is 5.74. The Balaban J connectivity index is 2.58. The van der Waals surface area contributed by atoms with Crippen molar-refractivity contribution in [1.82, 2.24) is 0 Å². The van der Waals surface area contributed by atoms with Crippen molar-refractivity contribution in [3.8, 4) is 11.5 Å². The van der Waals surface area contributed by atoms with Crippen LogP contribution in [0.2, 0.25) is 0 Å². The summed E-state index contributed by atoms with van der Waals surface area (Å²) >= 11 is 0. The molecule has 0 amide bonds. The Morgan fingerprint density at radius 3 is 2.17 bits per heavy atom. The first kappa shape index (κ1) is 12.5. The highest BCUT2D eigenvalue weighted by atomic mass is 16.3. The molecule has 0 radical (unpaired) electrons. The van der Waals surface area contributed by atoms with Crippen LogP contribution in [0.3, 0.4) is 0 Å². The predicted octanol–water partition coefficient (Wildman–Crippen LogP) is 2.66. The molecule has 0 bridgehead atoms. The molecule has 0 aliphatic heterocycles. The highest BCUT2D eigenvalue weighted by molar-refractivity contribution is 5.50. The zero-order valence-corrected chi connectivity index (χ0v) is 10.4. The highest BCUT2D eigenvalue weighted by Gasteiger charge is 2.29. The Labute approximate surface area is 106 Å². The number of phenols is 2. The van der Waals surface area contributed by atoms with Crippen molar-refractivity contribution in [3.63, 3.8) is 0 Å². The van der Waals surface area contributed by atoms with Crippen molar-refractivity contribution in [2.45, 2.75) is 19.4 Å². The molecule has 0 spiro atoms. The Bertz CT molecular complexity index is 559. The average molecular weight is 244 g/mol. The Hall–Kier alpha value is -2.00. The van der Waals surface area contributed by atoms with Gasteiger partial charge in [-0.2, -0.15) is 0 Å². The van der Waals surface area contributed by atoms with Crippen molar-refractivity contribution < 1.29 is 15.3 Å². The lowest BCUT2D eigenvalue weighted by atomic mass is 9.87. The molecule has 0 saturated carbocycles. The maximum atomic E-state index is 10.6. The van der Waals surface area contributed by atoms with Crippen molar-refractivity contribution >= 4 is 0 Å². The number of hydrogen-bond donors (Lipinski definition) is 3. The lowest BCUT2D eigenvalue weighted by molar-refractivity contribution is 0.0988. The number of benzene rings is 2. The minimum atomic E-state index is -1.35. The summed E-state index contributed by atoms with van der Waals surface area (Å²) in [5.74, 6) is 0.0261. The first-order valence-corrected chi connectivity index (χ1v) is 5.74. The van der Waals surface area contributed by atoms with Crippen LogP contribution in [0.15, 0.2) is 42.5 Å². The van der Waals surface area contributed by atoms with Crippen LogP contribution in [0.1, 0.15) is 23.6 Å². The van der Waals surface area contributed by atoms with Crippen LogP contribution in [0.5, 0.6) is 11.5 Å². The third kappa shape index (κ3) is 2.05. The van der Waals surface area contributed by atoms with Crippen LogP contribution in [-0.2, 0) is 5.60 Å². The van der Waals surface area contributed by atoms with Gasteiger partial charge in [0.1, 0.15) is 17.1 Å². The van der Waals surface area contributed by atoms with Crippen LogP contribution in [0.25, 0.3) is 0 Å². The molecule has 2 rings (SSSR count). The van der Waals surface area contributed by atoms with Crippen molar-refractivity contribution in [2.75, 3.05) is 0 Å². The SMILES string of the molecule is Cc1cc(O)c(C(C)(O)c2ccccc2)cc1O. The molecule has 18 heavy (non-hydrogen) atoms. The molecule has 1 unspecified atom stereocenters. The lowest BCUT2D eigenvalue weighted by Crippen LogP contribution is -2.22. The van der Waals surface area contributed by atoms with E-state index in [9.17, 15) is 15.3 Å². The van der Waals surface area contributed by atoms with Gasteiger partial charge in [0.05, 0.1) is 0 Å². The molecule has 0 heterocycles. The molecule has 2 aromatic rings. The van der Waals surface area contributed by atoms with Crippen molar-refractivity contribution in [3.05, 3.63) is 59.2 Å². The Morgan fingerprint density at radius 2 is 1.56 bits per heavy atom. The number of aromatic hydroxyl groups is 2. The van der Waals surface area contributed by atoms with E-state index in [1.54, 1.807) is 26.0 Å². The van der Waals surface area contributed by atoms with Gasteiger partial charge < -0.3 is 15.3 Å². The van der Waals surface area contributed by atoms with E-state index in [0.29, 0.717) is 11.1 Å². The fourth-order valence-corrected chi connectivity index (χ4v) is 1.99. The molecule has 3 nitrogen and oxygen atoms in total. The fraction of sp³-hybridized carbons (Fsp3) is 0.200. The Kier molecular flexibility index (Phi) is 3.01. The summed E-state index contributed by atoms with van der Waals surface area (Å²) in [4.78, 5) is 0. The van der Waals surface area contributed by atoms with E-state index in [4.69, 9.17) is 0 Å². The van der Waals surface area contributed by atoms with Crippen LogP contribution in [-0.4, -0.2) is 15.3 Å². The number of aryl methyl sites for hydroxylation is 1. The van der Waals surface area contributed by atoms with Crippen LogP contribution < -0.4 is 0 Å². The molecule has 94 valence electrons. The number of phenolic OH excluding ortho intramolecular Hbond substituents is 2. The van der Waals surface area contributed by atoms with Gasteiger partial charge in [0.15, 0.2) is 0 Å². The van der Waals surface area contributed by atoms with Crippen molar-refractivity contribution in [1.29, 1.82) is 0 Å². The topological polar surface area (TPSA) is 60.7 Å². The zero-order valence-electron chi connectivity index (χ0n) is 10.4. The van der Waals surface area contributed by atoms with Gasteiger partial charge in [-0.05, 0) is 37.1 Å². The smallest absolute Gasteiger partial charge is 0.122 e. The Morgan fingerprint density at radius 1 is 0.944 bits per heavy atom. The molecule has 0 fully saturated rings. The van der Waals surface area contributed by atoms with Crippen LogP contribution in [0.4, 0.5) is 0 Å². The molecule has 0 saturated heterocycles. The van der Waals surface area contributed by atoms with E-state index in [1.165, 1.54) is 12.1 Å². The van der Waals surface area contributed by atoms with E-state index in [-0.39, 0.29) is 17.1 Å². The van der Waals surface area contributed by atoms with E-state index in [0.717, 1.165) is 0 Å². The standard InChI is InChI=1S/C15H16O3/c1-10-8-14(17)12(9-13(10)16)15(2,18)11-6-4-3-5-7-11/h3-9,16-18H,1-2H3. The van der Waals surface area contributed by atoms with E-state index in [2.05, 4.69) is 0 Å². The number of rotatable bonds is 2. The summed E-state index contributed by atoms with van der Waals surface area (Å²) in [5, 5.41) is 30.2. The molecule has 1 atom stereocenters.